The Bertz CT molecular complexity index is 66.9. The molecule has 0 aliphatic heterocycles. The van der Waals surface area contributed by atoms with Crippen LogP contribution in [0.1, 0.15) is 0 Å². The summed E-state index contributed by atoms with van der Waals surface area (Å²) in [5, 5.41) is 0. The normalized spacial score (nSPS) is 8.25. The van der Waals surface area contributed by atoms with Crippen molar-refractivity contribution in [2.24, 2.45) is 11.5 Å². The van der Waals surface area contributed by atoms with E-state index in [1.54, 1.807) is 0 Å². The quantitative estimate of drug-likeness (QED) is 0.359. The average molecular weight is 120 g/mol. The van der Waals surface area contributed by atoms with Gasteiger partial charge in [0.2, 0.25) is 0 Å². The maximum absolute atomic E-state index is 10.0. The van der Waals surface area contributed by atoms with E-state index in [0.29, 0.717) is 0 Å². The van der Waals surface area contributed by atoms with Gasteiger partial charge < -0.3 is 9.47 Å². The summed E-state index contributed by atoms with van der Waals surface area (Å²) in [4.78, 5) is 10.0. The third kappa shape index (κ3) is 3.38. The molecular formula is C3H8N2O3. The summed E-state index contributed by atoms with van der Waals surface area (Å²) in [6, 6.07) is 0. The lowest BCUT2D eigenvalue weighted by Crippen LogP contribution is -2.16. The van der Waals surface area contributed by atoms with Gasteiger partial charge in [-0.2, -0.15) is 0 Å². The molecule has 5 heteroatoms. The van der Waals surface area contributed by atoms with Crippen LogP contribution in [0.15, 0.2) is 0 Å². The van der Waals surface area contributed by atoms with Gasteiger partial charge in [0.25, 0.3) is 0 Å². The number of ether oxygens (including phenoxy) is 2. The van der Waals surface area contributed by atoms with Gasteiger partial charge in [-0.15, -0.1) is 0 Å². The maximum Gasteiger partial charge on any atom is 0.510 e. The van der Waals surface area contributed by atoms with E-state index in [1.807, 2.05) is 0 Å². The summed E-state index contributed by atoms with van der Waals surface area (Å²) in [5.74, 6) is 0. The van der Waals surface area contributed by atoms with Gasteiger partial charge in [0.1, 0.15) is 13.5 Å². The molecule has 0 amide bonds. The van der Waals surface area contributed by atoms with E-state index in [0.717, 1.165) is 0 Å². The summed E-state index contributed by atoms with van der Waals surface area (Å²) in [7, 11) is 0. The van der Waals surface area contributed by atoms with Crippen LogP contribution < -0.4 is 11.5 Å². The highest BCUT2D eigenvalue weighted by atomic mass is 16.7. The molecule has 0 spiro atoms. The minimum atomic E-state index is -0.838. The first-order valence-corrected chi connectivity index (χ1v) is 2.01. The number of carbonyl (C=O) groups is 1. The van der Waals surface area contributed by atoms with Crippen LogP contribution >= 0.6 is 0 Å². The molecule has 48 valence electrons. The lowest BCUT2D eigenvalue weighted by molar-refractivity contribution is 0.0591. The number of nitrogens with two attached hydrogens (primary N) is 2. The van der Waals surface area contributed by atoms with Gasteiger partial charge in [-0.25, -0.2) is 4.79 Å². The molecule has 0 unspecified atom stereocenters. The highest BCUT2D eigenvalue weighted by molar-refractivity contribution is 5.59. The topological polar surface area (TPSA) is 87.6 Å². The molecule has 0 atom stereocenters. The fourth-order valence-corrected chi connectivity index (χ4v) is 0.178. The smallest absolute Gasteiger partial charge is 0.419 e. The molecule has 0 saturated carbocycles. The van der Waals surface area contributed by atoms with Crippen LogP contribution in [0, 0.1) is 0 Å². The molecule has 0 heterocycles. The van der Waals surface area contributed by atoms with Crippen molar-refractivity contribution in [1.82, 2.24) is 0 Å². The third-order valence-corrected chi connectivity index (χ3v) is 0.402. The highest BCUT2D eigenvalue weighted by Crippen LogP contribution is 1.77. The Kier molecular flexibility index (Phi) is 3.91. The Labute approximate surface area is 46.5 Å². The molecular weight excluding hydrogens is 112 g/mol. The number of hydrogen-bond acceptors (Lipinski definition) is 5. The van der Waals surface area contributed by atoms with E-state index in [9.17, 15) is 4.79 Å². The second kappa shape index (κ2) is 4.35. The second-order valence-corrected chi connectivity index (χ2v) is 0.872. The van der Waals surface area contributed by atoms with Crippen molar-refractivity contribution in [3.8, 4) is 0 Å². The summed E-state index contributed by atoms with van der Waals surface area (Å²) in [6.45, 7) is -0.363. The van der Waals surface area contributed by atoms with Crippen LogP contribution in [-0.2, 0) is 9.47 Å². The van der Waals surface area contributed by atoms with Crippen LogP contribution in [0.4, 0.5) is 4.79 Å². The van der Waals surface area contributed by atoms with Crippen LogP contribution in [-0.4, -0.2) is 19.6 Å². The van der Waals surface area contributed by atoms with Gasteiger partial charge in [-0.3, -0.25) is 11.5 Å². The van der Waals surface area contributed by atoms with E-state index >= 15 is 0 Å². The number of rotatable bonds is 2. The molecule has 0 aromatic rings. The molecule has 0 aliphatic rings. The molecule has 8 heavy (non-hydrogen) atoms. The van der Waals surface area contributed by atoms with Crippen LogP contribution in [0.3, 0.4) is 0 Å². The summed E-state index contributed by atoms with van der Waals surface area (Å²) >= 11 is 0. The first-order chi connectivity index (χ1) is 3.81. The Morgan fingerprint density at radius 2 is 1.62 bits per heavy atom. The first kappa shape index (κ1) is 7.19. The third-order valence-electron chi connectivity index (χ3n) is 0.402. The Balaban J connectivity index is 3.06. The van der Waals surface area contributed by atoms with E-state index in [4.69, 9.17) is 11.5 Å². The zero-order valence-corrected chi connectivity index (χ0v) is 4.29. The number of carbonyl (C=O) groups excluding carboxylic acids is 1. The lowest BCUT2D eigenvalue weighted by atomic mass is 11.2. The molecule has 0 aliphatic carbocycles. The van der Waals surface area contributed by atoms with Crippen LogP contribution in [0.25, 0.3) is 0 Å². The first-order valence-electron chi connectivity index (χ1n) is 2.01. The fourth-order valence-electron chi connectivity index (χ4n) is 0.178. The number of hydrogen-bond donors (Lipinski definition) is 2. The molecule has 0 aromatic carbocycles. The van der Waals surface area contributed by atoms with Gasteiger partial charge in [0, 0.05) is 0 Å². The van der Waals surface area contributed by atoms with Crippen molar-refractivity contribution in [2.45, 2.75) is 0 Å². The van der Waals surface area contributed by atoms with Gasteiger partial charge in [-0.1, -0.05) is 0 Å². The SMILES string of the molecule is NCOC(=O)OCN. The second-order valence-electron chi connectivity index (χ2n) is 0.872. The van der Waals surface area contributed by atoms with E-state index < -0.39 is 6.16 Å². The zero-order chi connectivity index (χ0) is 6.41. The minimum Gasteiger partial charge on any atom is -0.419 e. The van der Waals surface area contributed by atoms with Crippen molar-refractivity contribution in [1.29, 1.82) is 0 Å². The fraction of sp³-hybridized carbons (Fsp3) is 0.667. The van der Waals surface area contributed by atoms with Crippen molar-refractivity contribution in [3.63, 3.8) is 0 Å². The van der Waals surface area contributed by atoms with Gasteiger partial charge in [0.15, 0.2) is 0 Å². The molecule has 0 saturated heterocycles. The van der Waals surface area contributed by atoms with Crippen molar-refractivity contribution in [2.75, 3.05) is 13.5 Å². The predicted octanol–water partition coefficient (Wildman–Crippen LogP) is -1.03. The van der Waals surface area contributed by atoms with Crippen molar-refractivity contribution < 1.29 is 14.3 Å². The summed E-state index contributed by atoms with van der Waals surface area (Å²) in [6.07, 6.45) is -0.838. The van der Waals surface area contributed by atoms with Crippen LogP contribution in [0.5, 0.6) is 0 Å². The van der Waals surface area contributed by atoms with E-state index in [2.05, 4.69) is 9.47 Å². The summed E-state index contributed by atoms with van der Waals surface area (Å²) in [5.41, 5.74) is 9.59. The highest BCUT2D eigenvalue weighted by Gasteiger charge is 1.96. The molecule has 0 radical (unpaired) electrons. The monoisotopic (exact) mass is 120 g/mol. The largest absolute Gasteiger partial charge is 0.510 e. The van der Waals surface area contributed by atoms with Crippen LogP contribution in [0.2, 0.25) is 0 Å². The van der Waals surface area contributed by atoms with Crippen molar-refractivity contribution >= 4 is 6.16 Å². The van der Waals surface area contributed by atoms with Gasteiger partial charge in [0.05, 0.1) is 0 Å². The molecule has 4 N–H and O–H groups in total. The molecule has 0 aromatic heterocycles. The minimum absolute atomic E-state index is 0.182. The lowest BCUT2D eigenvalue weighted by Gasteiger charge is -1.98. The Hall–Kier alpha value is -0.810. The van der Waals surface area contributed by atoms with Crippen molar-refractivity contribution in [3.05, 3.63) is 0 Å². The molecule has 0 rings (SSSR count). The molecule has 0 bridgehead atoms. The van der Waals surface area contributed by atoms with Gasteiger partial charge in [-0.05, 0) is 0 Å². The standard InChI is InChI=1S/C3H8N2O3/c4-1-7-3(6)8-2-5/h1-2,4-5H2. The predicted molar refractivity (Wildman–Crippen MR) is 25.7 cm³/mol. The van der Waals surface area contributed by atoms with Gasteiger partial charge >= 0.3 is 6.16 Å². The Morgan fingerprint density at radius 1 is 1.25 bits per heavy atom. The summed E-state index contributed by atoms with van der Waals surface area (Å²) < 4.78 is 8.24. The zero-order valence-electron chi connectivity index (χ0n) is 4.29. The average Bonchev–Trinajstić information content (AvgIpc) is 1.68. The van der Waals surface area contributed by atoms with E-state index in [-0.39, 0.29) is 13.5 Å². The Morgan fingerprint density at radius 3 is 1.88 bits per heavy atom. The molecule has 5 nitrogen and oxygen atoms in total. The van der Waals surface area contributed by atoms with E-state index in [1.165, 1.54) is 0 Å². The molecule has 0 fully saturated rings. The maximum atomic E-state index is 10.0.